The molecule has 3 atom stereocenters. The molecule has 0 aromatic rings. The van der Waals surface area contributed by atoms with Crippen LogP contribution in [0.5, 0.6) is 0 Å². The van der Waals surface area contributed by atoms with Gasteiger partial charge in [-0.3, -0.25) is 0 Å². The Bertz CT molecular complexity index is 410. The van der Waals surface area contributed by atoms with Crippen molar-refractivity contribution >= 4 is 20.1 Å². The van der Waals surface area contributed by atoms with Gasteiger partial charge in [0.1, 0.15) is 0 Å². The van der Waals surface area contributed by atoms with Crippen LogP contribution in [0.1, 0.15) is 54.9 Å². The summed E-state index contributed by atoms with van der Waals surface area (Å²) >= 11 is 1.73. The highest BCUT2D eigenvalue weighted by molar-refractivity contribution is 7.98. The molecular weight excluding hydrogens is 332 g/mol. The summed E-state index contributed by atoms with van der Waals surface area (Å²) < 4.78 is 13.0. The number of allylic oxidation sites excluding steroid dienone is 2. The molecule has 0 bridgehead atoms. The molecular formula is C20H40O2SSi. The van der Waals surface area contributed by atoms with Crippen molar-refractivity contribution < 1.29 is 9.16 Å². The zero-order valence-corrected chi connectivity index (χ0v) is 19.4. The Morgan fingerprint density at radius 2 is 1.79 bits per heavy atom. The molecule has 0 saturated heterocycles. The van der Waals surface area contributed by atoms with Crippen molar-refractivity contribution in [2.24, 2.45) is 5.92 Å². The van der Waals surface area contributed by atoms with Gasteiger partial charge in [-0.1, -0.05) is 45.9 Å². The van der Waals surface area contributed by atoms with E-state index in [-0.39, 0.29) is 17.2 Å². The molecule has 0 N–H and O–H groups in total. The summed E-state index contributed by atoms with van der Waals surface area (Å²) in [5.74, 6) is 1.05. The van der Waals surface area contributed by atoms with E-state index in [1.54, 1.807) is 11.8 Å². The Hall–Kier alpha value is -0.0331. The Kier molecular flexibility index (Phi) is 10.8. The first-order valence-electron chi connectivity index (χ1n) is 9.04. The van der Waals surface area contributed by atoms with Gasteiger partial charge >= 0.3 is 0 Å². The quantitative estimate of drug-likeness (QED) is 0.243. The predicted octanol–water partition coefficient (Wildman–Crippen LogP) is 6.65. The maximum Gasteiger partial charge on any atom is 0.192 e. The first-order valence-corrected chi connectivity index (χ1v) is 13.3. The van der Waals surface area contributed by atoms with Crippen LogP contribution < -0.4 is 0 Å². The van der Waals surface area contributed by atoms with Crippen molar-refractivity contribution in [3.8, 4) is 0 Å². The molecule has 24 heavy (non-hydrogen) atoms. The Morgan fingerprint density at radius 1 is 1.21 bits per heavy atom. The normalized spacial score (nSPS) is 18.0. The minimum atomic E-state index is -1.84. The number of rotatable bonds is 10. The molecule has 4 heteroatoms. The molecule has 0 fully saturated rings. The van der Waals surface area contributed by atoms with Crippen LogP contribution in [0.4, 0.5) is 0 Å². The third kappa shape index (κ3) is 7.47. The maximum atomic E-state index is 6.82. The molecule has 0 aliphatic carbocycles. The Balaban J connectivity index is 5.46. The van der Waals surface area contributed by atoms with Gasteiger partial charge in [0.15, 0.2) is 8.32 Å². The summed E-state index contributed by atoms with van der Waals surface area (Å²) in [5.41, 5.74) is 1.31. The van der Waals surface area contributed by atoms with Crippen LogP contribution in [-0.2, 0) is 9.16 Å². The smallest absolute Gasteiger partial charge is 0.192 e. The first kappa shape index (κ1) is 24.0. The summed E-state index contributed by atoms with van der Waals surface area (Å²) in [6, 6.07) is 0. The second-order valence-electron chi connectivity index (χ2n) is 8.11. The molecule has 0 spiro atoms. The average molecular weight is 373 g/mol. The second kappa shape index (κ2) is 10.8. The molecule has 0 aromatic heterocycles. The first-order chi connectivity index (χ1) is 11.0. The maximum absolute atomic E-state index is 6.82. The van der Waals surface area contributed by atoms with Gasteiger partial charge in [-0.2, -0.15) is 0 Å². The van der Waals surface area contributed by atoms with Gasteiger partial charge in [0.2, 0.25) is 0 Å². The summed E-state index contributed by atoms with van der Waals surface area (Å²) in [5, 5.41) is 0.206. The van der Waals surface area contributed by atoms with E-state index in [2.05, 4.69) is 86.0 Å². The summed E-state index contributed by atoms with van der Waals surface area (Å²) in [6.45, 7) is 20.2. The zero-order valence-electron chi connectivity index (χ0n) is 17.6. The molecule has 0 aliphatic rings. The fourth-order valence-corrected chi connectivity index (χ4v) is 4.03. The minimum absolute atomic E-state index is 0.119. The minimum Gasteiger partial charge on any atom is -0.410 e. The predicted molar refractivity (Wildman–Crippen MR) is 113 cm³/mol. The van der Waals surface area contributed by atoms with Crippen molar-refractivity contribution in [1.29, 1.82) is 0 Å². The molecule has 0 saturated carbocycles. The molecule has 2 nitrogen and oxygen atoms in total. The van der Waals surface area contributed by atoms with Crippen LogP contribution in [0, 0.1) is 5.92 Å². The standard InChI is InChI=1S/C20H40O2SSi/c1-11-13-14-18(21-15-23-8)17(4)19(16(3)12-2)22-24(9,10)20(5,6)7/h11-13,17-19H,14-15H2,1-10H3/b13-11-,16-12+/t17-,18-,19-/m0/s1. The van der Waals surface area contributed by atoms with Gasteiger partial charge in [0.25, 0.3) is 0 Å². The highest BCUT2D eigenvalue weighted by Gasteiger charge is 2.41. The molecule has 0 amide bonds. The fraction of sp³-hybridized carbons (Fsp3) is 0.800. The van der Waals surface area contributed by atoms with E-state index in [1.165, 1.54) is 5.57 Å². The highest BCUT2D eigenvalue weighted by atomic mass is 32.2. The molecule has 0 radical (unpaired) electrons. The summed E-state index contributed by atoms with van der Waals surface area (Å²) in [6.07, 6.45) is 9.82. The topological polar surface area (TPSA) is 18.5 Å². The van der Waals surface area contributed by atoms with Crippen molar-refractivity contribution in [1.82, 2.24) is 0 Å². The third-order valence-electron chi connectivity index (χ3n) is 5.20. The number of thioether (sulfide) groups is 1. The molecule has 0 aliphatic heterocycles. The number of hydrogen-bond donors (Lipinski definition) is 0. The van der Waals surface area contributed by atoms with Crippen molar-refractivity contribution in [3.63, 3.8) is 0 Å². The van der Waals surface area contributed by atoms with E-state index in [9.17, 15) is 0 Å². The van der Waals surface area contributed by atoms with Crippen LogP contribution in [0.2, 0.25) is 18.1 Å². The summed E-state index contributed by atoms with van der Waals surface area (Å²) in [4.78, 5) is 0. The van der Waals surface area contributed by atoms with Crippen molar-refractivity contribution in [3.05, 3.63) is 23.8 Å². The van der Waals surface area contributed by atoms with Crippen LogP contribution in [0.15, 0.2) is 23.8 Å². The van der Waals surface area contributed by atoms with Crippen LogP contribution in [0.3, 0.4) is 0 Å². The summed E-state index contributed by atoms with van der Waals surface area (Å²) in [7, 11) is -1.84. The van der Waals surface area contributed by atoms with E-state index in [0.29, 0.717) is 5.92 Å². The SMILES string of the molecule is C/C=C\C[C@H](OCSC)[C@H](C)[C@@H](O[Si](C)(C)C(C)(C)C)/C(C)=C/C. The van der Waals surface area contributed by atoms with Gasteiger partial charge in [0.05, 0.1) is 18.1 Å². The molecule has 0 rings (SSSR count). The highest BCUT2D eigenvalue weighted by Crippen LogP contribution is 2.39. The van der Waals surface area contributed by atoms with Gasteiger partial charge in [-0.05, 0) is 57.2 Å². The number of hydrogen-bond acceptors (Lipinski definition) is 3. The van der Waals surface area contributed by atoms with Gasteiger partial charge < -0.3 is 9.16 Å². The number of ether oxygens (including phenoxy) is 1. The van der Waals surface area contributed by atoms with E-state index < -0.39 is 8.32 Å². The van der Waals surface area contributed by atoms with Crippen molar-refractivity contribution in [2.45, 2.75) is 85.2 Å². The van der Waals surface area contributed by atoms with E-state index in [4.69, 9.17) is 9.16 Å². The molecule has 0 aromatic carbocycles. The van der Waals surface area contributed by atoms with Gasteiger partial charge in [-0.15, -0.1) is 11.8 Å². The Labute approximate surface area is 156 Å². The van der Waals surface area contributed by atoms with Gasteiger partial charge in [0, 0.05) is 5.92 Å². The lowest BCUT2D eigenvalue weighted by molar-refractivity contribution is 0.00664. The zero-order chi connectivity index (χ0) is 19.0. The van der Waals surface area contributed by atoms with E-state index in [1.807, 2.05) is 0 Å². The van der Waals surface area contributed by atoms with E-state index in [0.717, 1.165) is 12.4 Å². The van der Waals surface area contributed by atoms with Crippen LogP contribution >= 0.6 is 11.8 Å². The van der Waals surface area contributed by atoms with Crippen molar-refractivity contribution in [2.75, 3.05) is 12.2 Å². The lowest BCUT2D eigenvalue weighted by Crippen LogP contribution is -2.47. The lowest BCUT2D eigenvalue weighted by atomic mass is 9.91. The van der Waals surface area contributed by atoms with Crippen LogP contribution in [0.25, 0.3) is 0 Å². The molecule has 0 unspecified atom stereocenters. The van der Waals surface area contributed by atoms with Crippen LogP contribution in [-0.4, -0.2) is 32.7 Å². The monoisotopic (exact) mass is 372 g/mol. The molecule has 142 valence electrons. The fourth-order valence-electron chi connectivity index (χ4n) is 2.33. The third-order valence-corrected chi connectivity index (χ3v) is 10.0. The average Bonchev–Trinajstić information content (AvgIpc) is 2.50. The lowest BCUT2D eigenvalue weighted by Gasteiger charge is -2.42. The largest absolute Gasteiger partial charge is 0.410 e. The van der Waals surface area contributed by atoms with Gasteiger partial charge in [-0.25, -0.2) is 0 Å². The molecule has 0 heterocycles. The second-order valence-corrected chi connectivity index (χ2v) is 13.7. The van der Waals surface area contributed by atoms with E-state index >= 15 is 0 Å². The Morgan fingerprint density at radius 3 is 2.21 bits per heavy atom.